The van der Waals surface area contributed by atoms with E-state index in [0.29, 0.717) is 13.0 Å². The van der Waals surface area contributed by atoms with Crippen molar-refractivity contribution in [2.24, 2.45) is 0 Å². The monoisotopic (exact) mass is 312 g/mol. The second-order valence-corrected chi connectivity index (χ2v) is 5.92. The van der Waals surface area contributed by atoms with E-state index in [4.69, 9.17) is 4.42 Å². The second-order valence-electron chi connectivity index (χ2n) is 5.92. The number of nitrogens with one attached hydrogen (secondary N) is 1. The first-order valence-electron chi connectivity index (χ1n) is 7.79. The molecule has 0 bridgehead atoms. The summed E-state index contributed by atoms with van der Waals surface area (Å²) in [5, 5.41) is 2.92. The fourth-order valence-electron chi connectivity index (χ4n) is 2.87. The standard InChI is InChI=1S/C18H20N2O3/c1-12-7-8-14(11-13(12)2)19-17(21)15-5-3-9-20(15)18(22)16-6-4-10-23-16/h4,6-8,10-11,15H,3,5,9H2,1-2H3,(H,19,21). The fraction of sp³-hybridized carbons (Fsp3) is 0.333. The molecule has 1 fully saturated rings. The molecule has 2 heterocycles. The van der Waals surface area contributed by atoms with Crippen LogP contribution >= 0.6 is 0 Å². The Morgan fingerprint density at radius 1 is 1.22 bits per heavy atom. The highest BCUT2D eigenvalue weighted by Gasteiger charge is 2.35. The summed E-state index contributed by atoms with van der Waals surface area (Å²) in [5.74, 6) is -0.103. The Hall–Kier alpha value is -2.56. The fourth-order valence-corrected chi connectivity index (χ4v) is 2.87. The lowest BCUT2D eigenvalue weighted by Crippen LogP contribution is -2.43. The van der Waals surface area contributed by atoms with Crippen LogP contribution in [0.1, 0.15) is 34.5 Å². The van der Waals surface area contributed by atoms with Crippen LogP contribution in [0.2, 0.25) is 0 Å². The number of benzene rings is 1. The Balaban J connectivity index is 1.73. The molecule has 0 aliphatic carbocycles. The first-order chi connectivity index (χ1) is 11.1. The maximum atomic E-state index is 12.6. The van der Waals surface area contributed by atoms with Gasteiger partial charge in [0.05, 0.1) is 6.26 Å². The average Bonchev–Trinajstić information content (AvgIpc) is 3.21. The molecular formula is C18H20N2O3. The maximum absolute atomic E-state index is 12.6. The van der Waals surface area contributed by atoms with E-state index in [1.165, 1.54) is 11.8 Å². The minimum Gasteiger partial charge on any atom is -0.459 e. The summed E-state index contributed by atoms with van der Waals surface area (Å²) in [4.78, 5) is 26.6. The molecule has 1 aromatic carbocycles. The number of carbonyl (C=O) groups is 2. The van der Waals surface area contributed by atoms with E-state index in [-0.39, 0.29) is 17.6 Å². The first kappa shape index (κ1) is 15.3. The van der Waals surface area contributed by atoms with Crippen molar-refractivity contribution >= 4 is 17.5 Å². The smallest absolute Gasteiger partial charge is 0.290 e. The zero-order chi connectivity index (χ0) is 16.4. The topological polar surface area (TPSA) is 62.6 Å². The average molecular weight is 312 g/mol. The van der Waals surface area contributed by atoms with Gasteiger partial charge in [-0.1, -0.05) is 6.07 Å². The molecule has 0 saturated carbocycles. The zero-order valence-electron chi connectivity index (χ0n) is 13.3. The van der Waals surface area contributed by atoms with Crippen LogP contribution in [-0.2, 0) is 4.79 Å². The van der Waals surface area contributed by atoms with Crippen molar-refractivity contribution in [3.05, 3.63) is 53.5 Å². The van der Waals surface area contributed by atoms with E-state index in [9.17, 15) is 9.59 Å². The predicted molar refractivity (Wildman–Crippen MR) is 87.3 cm³/mol. The van der Waals surface area contributed by atoms with Crippen molar-refractivity contribution in [2.75, 3.05) is 11.9 Å². The molecule has 0 spiro atoms. The Morgan fingerprint density at radius 2 is 2.04 bits per heavy atom. The number of carbonyl (C=O) groups excluding carboxylic acids is 2. The normalized spacial score (nSPS) is 17.3. The van der Waals surface area contributed by atoms with Crippen molar-refractivity contribution < 1.29 is 14.0 Å². The third-order valence-electron chi connectivity index (χ3n) is 4.32. The molecule has 1 unspecified atom stereocenters. The van der Waals surface area contributed by atoms with Crippen LogP contribution in [0.15, 0.2) is 41.0 Å². The zero-order valence-corrected chi connectivity index (χ0v) is 13.3. The summed E-state index contributed by atoms with van der Waals surface area (Å²) in [7, 11) is 0. The summed E-state index contributed by atoms with van der Waals surface area (Å²) >= 11 is 0. The van der Waals surface area contributed by atoms with Crippen LogP contribution in [0.5, 0.6) is 0 Å². The third kappa shape index (κ3) is 3.13. The molecule has 1 N–H and O–H groups in total. The summed E-state index contributed by atoms with van der Waals surface area (Å²) in [6.45, 7) is 4.61. The summed E-state index contributed by atoms with van der Waals surface area (Å²) < 4.78 is 5.16. The number of amides is 2. The largest absolute Gasteiger partial charge is 0.459 e. The number of hydrogen-bond acceptors (Lipinski definition) is 3. The van der Waals surface area contributed by atoms with Gasteiger partial charge < -0.3 is 14.6 Å². The number of anilines is 1. The number of nitrogens with zero attached hydrogens (tertiary/aromatic N) is 1. The molecule has 3 rings (SSSR count). The van der Waals surface area contributed by atoms with Crippen LogP contribution in [0.4, 0.5) is 5.69 Å². The minimum absolute atomic E-state index is 0.148. The molecule has 2 amide bonds. The number of aryl methyl sites for hydroxylation is 2. The quantitative estimate of drug-likeness (QED) is 0.947. The second kappa shape index (κ2) is 6.28. The van der Waals surface area contributed by atoms with Gasteiger partial charge in [0, 0.05) is 12.2 Å². The number of hydrogen-bond donors (Lipinski definition) is 1. The number of rotatable bonds is 3. The maximum Gasteiger partial charge on any atom is 0.290 e. The van der Waals surface area contributed by atoms with E-state index in [0.717, 1.165) is 17.7 Å². The number of furan rings is 1. The van der Waals surface area contributed by atoms with E-state index < -0.39 is 6.04 Å². The Kier molecular flexibility index (Phi) is 4.19. The Labute approximate surface area is 135 Å². The van der Waals surface area contributed by atoms with Gasteiger partial charge in [-0.05, 0) is 62.1 Å². The highest BCUT2D eigenvalue weighted by Crippen LogP contribution is 2.22. The van der Waals surface area contributed by atoms with Crippen LogP contribution in [-0.4, -0.2) is 29.3 Å². The third-order valence-corrected chi connectivity index (χ3v) is 4.32. The molecule has 5 nitrogen and oxygen atoms in total. The molecule has 23 heavy (non-hydrogen) atoms. The lowest BCUT2D eigenvalue weighted by Gasteiger charge is -2.23. The molecule has 1 aliphatic heterocycles. The molecule has 1 aromatic heterocycles. The molecule has 1 atom stereocenters. The van der Waals surface area contributed by atoms with Crippen molar-refractivity contribution in [1.29, 1.82) is 0 Å². The van der Waals surface area contributed by atoms with Gasteiger partial charge in [0.25, 0.3) is 5.91 Å². The molecule has 120 valence electrons. The van der Waals surface area contributed by atoms with Crippen LogP contribution in [0.25, 0.3) is 0 Å². The Bertz CT molecular complexity index is 722. The van der Waals surface area contributed by atoms with Gasteiger partial charge in [-0.2, -0.15) is 0 Å². The molecule has 0 radical (unpaired) electrons. The van der Waals surface area contributed by atoms with E-state index in [2.05, 4.69) is 5.32 Å². The SMILES string of the molecule is Cc1ccc(NC(=O)C2CCCN2C(=O)c2ccco2)cc1C. The van der Waals surface area contributed by atoms with Gasteiger partial charge in [0.15, 0.2) is 5.76 Å². The van der Waals surface area contributed by atoms with Gasteiger partial charge in [-0.15, -0.1) is 0 Å². The highest BCUT2D eigenvalue weighted by atomic mass is 16.3. The molecular weight excluding hydrogens is 292 g/mol. The van der Waals surface area contributed by atoms with Gasteiger partial charge in [-0.3, -0.25) is 9.59 Å². The molecule has 1 aliphatic rings. The lowest BCUT2D eigenvalue weighted by atomic mass is 10.1. The van der Waals surface area contributed by atoms with E-state index in [1.54, 1.807) is 17.0 Å². The predicted octanol–water partition coefficient (Wildman–Crippen LogP) is 3.14. The summed E-state index contributed by atoms with van der Waals surface area (Å²) in [6.07, 6.45) is 2.95. The molecule has 2 aromatic rings. The van der Waals surface area contributed by atoms with E-state index in [1.807, 2.05) is 32.0 Å². The number of likely N-dealkylation sites (tertiary alicyclic amines) is 1. The first-order valence-corrected chi connectivity index (χ1v) is 7.79. The van der Waals surface area contributed by atoms with Crippen LogP contribution in [0.3, 0.4) is 0 Å². The van der Waals surface area contributed by atoms with Crippen molar-refractivity contribution in [3.63, 3.8) is 0 Å². The summed E-state index contributed by atoms with van der Waals surface area (Å²) in [6, 6.07) is 8.65. The molecule has 1 saturated heterocycles. The highest BCUT2D eigenvalue weighted by molar-refractivity contribution is 6.00. The minimum atomic E-state index is -0.450. The van der Waals surface area contributed by atoms with Gasteiger partial charge >= 0.3 is 0 Å². The van der Waals surface area contributed by atoms with Crippen molar-refractivity contribution in [2.45, 2.75) is 32.7 Å². The molecule has 5 heteroatoms. The van der Waals surface area contributed by atoms with Crippen LogP contribution < -0.4 is 5.32 Å². The Morgan fingerprint density at radius 3 is 2.74 bits per heavy atom. The van der Waals surface area contributed by atoms with E-state index >= 15 is 0 Å². The van der Waals surface area contributed by atoms with Crippen molar-refractivity contribution in [1.82, 2.24) is 4.90 Å². The van der Waals surface area contributed by atoms with Gasteiger partial charge in [-0.25, -0.2) is 0 Å². The van der Waals surface area contributed by atoms with Gasteiger partial charge in [0.1, 0.15) is 6.04 Å². The van der Waals surface area contributed by atoms with Crippen LogP contribution in [0, 0.1) is 13.8 Å². The summed E-state index contributed by atoms with van der Waals surface area (Å²) in [5.41, 5.74) is 3.06. The van der Waals surface area contributed by atoms with Crippen molar-refractivity contribution in [3.8, 4) is 0 Å². The van der Waals surface area contributed by atoms with Gasteiger partial charge in [0.2, 0.25) is 5.91 Å². The lowest BCUT2D eigenvalue weighted by molar-refractivity contribution is -0.119.